The van der Waals surface area contributed by atoms with Gasteiger partial charge in [0.15, 0.2) is 0 Å². The number of nitrogens with one attached hydrogen (secondary N) is 2. The zero-order valence-corrected chi connectivity index (χ0v) is 14.4. The Kier molecular flexibility index (Phi) is 4.84. The normalized spacial score (nSPS) is 13.0. The van der Waals surface area contributed by atoms with E-state index in [0.717, 1.165) is 5.56 Å². The topological polar surface area (TPSA) is 78.5 Å². The Balaban J connectivity index is 1.78. The van der Waals surface area contributed by atoms with E-state index < -0.39 is 0 Å². The van der Waals surface area contributed by atoms with E-state index in [-0.39, 0.29) is 17.7 Å². The lowest BCUT2D eigenvalue weighted by molar-refractivity contribution is -0.111. The number of likely N-dealkylation sites (N-methyl/N-ethyl adjacent to an activating group) is 1. The molecule has 1 aliphatic rings. The fourth-order valence-corrected chi connectivity index (χ4v) is 2.85. The number of hydrogen-bond donors (Lipinski definition) is 2. The highest BCUT2D eigenvalue weighted by Crippen LogP contribution is 2.26. The fraction of sp³-hybridized carbons (Fsp3) is 0.150. The van der Waals surface area contributed by atoms with E-state index in [9.17, 15) is 14.4 Å². The molecule has 3 rings (SSSR count). The Hall–Kier alpha value is -3.41. The molecule has 132 valence electrons. The van der Waals surface area contributed by atoms with Crippen LogP contribution in [0.5, 0.6) is 0 Å². The van der Waals surface area contributed by atoms with Crippen molar-refractivity contribution >= 4 is 29.1 Å². The van der Waals surface area contributed by atoms with E-state index in [1.165, 1.54) is 6.08 Å². The summed E-state index contributed by atoms with van der Waals surface area (Å²) in [5.41, 5.74) is 3.17. The molecule has 0 bridgehead atoms. The second-order valence-electron chi connectivity index (χ2n) is 6.03. The highest BCUT2D eigenvalue weighted by molar-refractivity contribution is 6.07. The van der Waals surface area contributed by atoms with Crippen LogP contribution < -0.4 is 10.6 Å². The third kappa shape index (κ3) is 3.49. The summed E-state index contributed by atoms with van der Waals surface area (Å²) in [7, 11) is 1.77. The summed E-state index contributed by atoms with van der Waals surface area (Å²) in [4.78, 5) is 37.7. The average molecular weight is 349 g/mol. The lowest BCUT2D eigenvalue weighted by Gasteiger charge is -2.26. The number of hydrogen-bond acceptors (Lipinski definition) is 3. The zero-order chi connectivity index (χ0) is 18.7. The maximum Gasteiger partial charge on any atom is 0.255 e. The molecule has 0 aromatic heterocycles. The Morgan fingerprint density at radius 1 is 1.12 bits per heavy atom. The minimum atomic E-state index is -0.312. The van der Waals surface area contributed by atoms with Gasteiger partial charge >= 0.3 is 0 Å². The molecule has 0 radical (unpaired) electrons. The van der Waals surface area contributed by atoms with E-state index in [1.54, 1.807) is 54.4 Å². The summed E-state index contributed by atoms with van der Waals surface area (Å²) >= 11 is 0. The highest BCUT2D eigenvalue weighted by atomic mass is 16.2. The lowest BCUT2D eigenvalue weighted by atomic mass is 9.97. The fourth-order valence-electron chi connectivity index (χ4n) is 2.85. The largest absolute Gasteiger partial charge is 0.341 e. The first kappa shape index (κ1) is 17.4. The van der Waals surface area contributed by atoms with Crippen molar-refractivity contribution in [3.05, 3.63) is 71.8 Å². The highest BCUT2D eigenvalue weighted by Gasteiger charge is 2.24. The first-order chi connectivity index (χ1) is 12.5. The van der Waals surface area contributed by atoms with Crippen LogP contribution in [0.1, 0.15) is 26.3 Å². The molecule has 0 saturated carbocycles. The van der Waals surface area contributed by atoms with Gasteiger partial charge in [0.1, 0.15) is 0 Å². The van der Waals surface area contributed by atoms with Gasteiger partial charge in [0.25, 0.3) is 11.8 Å². The SMILES string of the molecule is C=CC(=O)Nc1ccc(C(=O)Nc2cccc3c2CCN(C)C3=O)cc1. The second kappa shape index (κ2) is 7.23. The summed E-state index contributed by atoms with van der Waals surface area (Å²) in [6, 6.07) is 11.9. The smallest absolute Gasteiger partial charge is 0.255 e. The van der Waals surface area contributed by atoms with Gasteiger partial charge in [-0.1, -0.05) is 12.6 Å². The molecule has 0 spiro atoms. The number of carbonyl (C=O) groups is 3. The Labute approximate surface area is 151 Å². The van der Waals surface area contributed by atoms with Crippen LogP contribution in [0.4, 0.5) is 11.4 Å². The number of carbonyl (C=O) groups excluding carboxylic acids is 3. The van der Waals surface area contributed by atoms with Crippen molar-refractivity contribution in [2.75, 3.05) is 24.2 Å². The summed E-state index contributed by atoms with van der Waals surface area (Å²) in [5.74, 6) is -0.621. The monoisotopic (exact) mass is 349 g/mol. The van der Waals surface area contributed by atoms with E-state index in [0.29, 0.717) is 35.5 Å². The van der Waals surface area contributed by atoms with Crippen molar-refractivity contribution in [2.24, 2.45) is 0 Å². The molecule has 2 N–H and O–H groups in total. The summed E-state index contributed by atoms with van der Waals surface area (Å²) in [6.45, 7) is 4.01. The minimum Gasteiger partial charge on any atom is -0.341 e. The van der Waals surface area contributed by atoms with Crippen LogP contribution in [0.3, 0.4) is 0 Å². The molecule has 6 nitrogen and oxygen atoms in total. The van der Waals surface area contributed by atoms with Crippen molar-refractivity contribution in [3.63, 3.8) is 0 Å². The summed E-state index contributed by atoms with van der Waals surface area (Å²) in [5, 5.41) is 5.51. The standard InChI is InChI=1S/C20H19N3O3/c1-3-18(24)21-14-9-7-13(8-10-14)19(25)22-17-6-4-5-16-15(17)11-12-23(2)20(16)26/h3-10H,1,11-12H2,2H3,(H,21,24)(H,22,25). The summed E-state index contributed by atoms with van der Waals surface area (Å²) < 4.78 is 0. The molecule has 0 fully saturated rings. The molecule has 1 aliphatic heterocycles. The van der Waals surface area contributed by atoms with Crippen LogP contribution in [-0.2, 0) is 11.2 Å². The van der Waals surface area contributed by atoms with Crippen LogP contribution >= 0.6 is 0 Å². The second-order valence-corrected chi connectivity index (χ2v) is 6.03. The maximum absolute atomic E-state index is 12.5. The number of benzene rings is 2. The molecule has 6 heteroatoms. The molecule has 26 heavy (non-hydrogen) atoms. The number of fused-ring (bicyclic) bond motifs is 1. The van der Waals surface area contributed by atoms with E-state index in [2.05, 4.69) is 17.2 Å². The third-order valence-electron chi connectivity index (χ3n) is 4.30. The molecule has 0 unspecified atom stereocenters. The molecule has 2 aromatic carbocycles. The van der Waals surface area contributed by atoms with Crippen LogP contribution in [-0.4, -0.2) is 36.2 Å². The van der Waals surface area contributed by atoms with Gasteiger partial charge in [-0.15, -0.1) is 0 Å². The van der Waals surface area contributed by atoms with Crippen molar-refractivity contribution < 1.29 is 14.4 Å². The van der Waals surface area contributed by atoms with E-state index in [1.807, 2.05) is 0 Å². The average Bonchev–Trinajstić information content (AvgIpc) is 2.65. The lowest BCUT2D eigenvalue weighted by Crippen LogP contribution is -2.34. The number of nitrogens with zero attached hydrogens (tertiary/aromatic N) is 1. The molecule has 0 aliphatic carbocycles. The molecule has 0 saturated heterocycles. The van der Waals surface area contributed by atoms with Crippen LogP contribution in [0.15, 0.2) is 55.1 Å². The van der Waals surface area contributed by atoms with Crippen LogP contribution in [0, 0.1) is 0 Å². The van der Waals surface area contributed by atoms with Gasteiger partial charge < -0.3 is 15.5 Å². The van der Waals surface area contributed by atoms with Crippen molar-refractivity contribution in [2.45, 2.75) is 6.42 Å². The molecular weight excluding hydrogens is 330 g/mol. The van der Waals surface area contributed by atoms with Crippen LogP contribution in [0.25, 0.3) is 0 Å². The third-order valence-corrected chi connectivity index (χ3v) is 4.30. The predicted molar refractivity (Wildman–Crippen MR) is 100 cm³/mol. The Morgan fingerprint density at radius 3 is 2.54 bits per heavy atom. The molecule has 0 atom stereocenters. The number of rotatable bonds is 4. The number of anilines is 2. The van der Waals surface area contributed by atoms with Crippen molar-refractivity contribution in [3.8, 4) is 0 Å². The molecular formula is C20H19N3O3. The predicted octanol–water partition coefficient (Wildman–Crippen LogP) is 2.69. The van der Waals surface area contributed by atoms with Gasteiger partial charge in [0, 0.05) is 36.1 Å². The first-order valence-corrected chi connectivity index (χ1v) is 8.22. The number of amides is 3. The maximum atomic E-state index is 12.5. The van der Waals surface area contributed by atoms with Gasteiger partial charge in [0.2, 0.25) is 5.91 Å². The van der Waals surface area contributed by atoms with Gasteiger partial charge in [-0.05, 0) is 54.5 Å². The summed E-state index contributed by atoms with van der Waals surface area (Å²) in [6.07, 6.45) is 1.87. The van der Waals surface area contributed by atoms with E-state index >= 15 is 0 Å². The van der Waals surface area contributed by atoms with E-state index in [4.69, 9.17) is 0 Å². The van der Waals surface area contributed by atoms with Crippen molar-refractivity contribution in [1.29, 1.82) is 0 Å². The first-order valence-electron chi connectivity index (χ1n) is 8.22. The van der Waals surface area contributed by atoms with Crippen LogP contribution in [0.2, 0.25) is 0 Å². The van der Waals surface area contributed by atoms with Crippen molar-refractivity contribution in [1.82, 2.24) is 4.90 Å². The molecule has 1 heterocycles. The van der Waals surface area contributed by atoms with Gasteiger partial charge in [-0.25, -0.2) is 0 Å². The quantitative estimate of drug-likeness (QED) is 0.833. The van der Waals surface area contributed by atoms with Gasteiger partial charge in [0.05, 0.1) is 0 Å². The van der Waals surface area contributed by atoms with Gasteiger partial charge in [-0.2, -0.15) is 0 Å². The molecule has 2 aromatic rings. The Morgan fingerprint density at radius 2 is 1.85 bits per heavy atom. The molecule has 3 amide bonds. The zero-order valence-electron chi connectivity index (χ0n) is 14.4. The van der Waals surface area contributed by atoms with Gasteiger partial charge in [-0.3, -0.25) is 14.4 Å². The minimum absolute atomic E-state index is 0.0373. The Bertz CT molecular complexity index is 888.